The van der Waals surface area contributed by atoms with Gasteiger partial charge in [-0.1, -0.05) is 90.2 Å². The Hall–Kier alpha value is -1.07. The van der Waals surface area contributed by atoms with Crippen LogP contribution in [0.25, 0.3) is 0 Å². The minimum Gasteiger partial charge on any atom is -0.394 e. The maximum Gasteiger partial charge on any atom is 0.220 e. The SMILES string of the molecule is CCCCCC/C=C\CCCCCCCC(=O)NC(COC1OC(CO)C(O)C(O)C1O)C(O)CCCCCC. The summed E-state index contributed by atoms with van der Waals surface area (Å²) in [4.78, 5) is 12.7. The number of nitrogens with one attached hydrogen (secondary N) is 1. The molecule has 0 aliphatic carbocycles. The number of carbonyl (C=O) groups excluding carboxylic acids is 1. The molecule has 1 heterocycles. The van der Waals surface area contributed by atoms with E-state index in [4.69, 9.17) is 9.47 Å². The van der Waals surface area contributed by atoms with Gasteiger partial charge in [-0.2, -0.15) is 0 Å². The fourth-order valence-electron chi connectivity index (χ4n) is 4.92. The summed E-state index contributed by atoms with van der Waals surface area (Å²) in [7, 11) is 0. The van der Waals surface area contributed by atoms with E-state index in [2.05, 4.69) is 31.3 Å². The molecule has 0 aromatic heterocycles. The van der Waals surface area contributed by atoms with E-state index >= 15 is 0 Å². The minimum absolute atomic E-state index is 0.143. The predicted molar refractivity (Wildman–Crippen MR) is 157 cm³/mol. The molecule has 236 valence electrons. The van der Waals surface area contributed by atoms with E-state index in [0.29, 0.717) is 12.8 Å². The van der Waals surface area contributed by atoms with Gasteiger partial charge in [0.25, 0.3) is 0 Å². The van der Waals surface area contributed by atoms with Crippen LogP contribution in [0.5, 0.6) is 0 Å². The molecule has 1 aliphatic rings. The largest absolute Gasteiger partial charge is 0.394 e. The fraction of sp³-hybridized carbons (Fsp3) is 0.903. The van der Waals surface area contributed by atoms with Crippen LogP contribution in [0.1, 0.15) is 123 Å². The van der Waals surface area contributed by atoms with Crippen LogP contribution in [0, 0.1) is 0 Å². The second-order valence-corrected chi connectivity index (χ2v) is 11.2. The lowest BCUT2D eigenvalue weighted by Gasteiger charge is -2.40. The number of ether oxygens (including phenoxy) is 2. The van der Waals surface area contributed by atoms with Gasteiger partial charge in [0.15, 0.2) is 6.29 Å². The molecule has 7 unspecified atom stereocenters. The third-order valence-corrected chi connectivity index (χ3v) is 7.62. The van der Waals surface area contributed by atoms with Crippen molar-refractivity contribution in [1.82, 2.24) is 5.32 Å². The van der Waals surface area contributed by atoms with Crippen molar-refractivity contribution in [2.24, 2.45) is 0 Å². The van der Waals surface area contributed by atoms with E-state index < -0.39 is 49.5 Å². The molecule has 1 fully saturated rings. The Labute approximate surface area is 242 Å². The van der Waals surface area contributed by atoms with E-state index in [1.807, 2.05) is 0 Å². The lowest BCUT2D eigenvalue weighted by Crippen LogP contribution is -2.60. The molecular formula is C31H59NO8. The first-order chi connectivity index (χ1) is 19.3. The zero-order chi connectivity index (χ0) is 29.6. The van der Waals surface area contributed by atoms with E-state index in [0.717, 1.165) is 57.8 Å². The molecule has 0 radical (unpaired) electrons. The van der Waals surface area contributed by atoms with Gasteiger partial charge in [-0.3, -0.25) is 4.79 Å². The molecule has 7 atom stereocenters. The number of aliphatic hydroxyl groups excluding tert-OH is 5. The van der Waals surface area contributed by atoms with Crippen molar-refractivity contribution in [3.63, 3.8) is 0 Å². The van der Waals surface area contributed by atoms with Gasteiger partial charge in [0.05, 0.1) is 25.4 Å². The van der Waals surface area contributed by atoms with E-state index in [1.54, 1.807) is 0 Å². The van der Waals surface area contributed by atoms with Crippen LogP contribution in [-0.4, -0.2) is 87.5 Å². The summed E-state index contributed by atoms with van der Waals surface area (Å²) < 4.78 is 11.0. The summed E-state index contributed by atoms with van der Waals surface area (Å²) in [5.74, 6) is -0.166. The summed E-state index contributed by atoms with van der Waals surface area (Å²) in [6, 6.07) is -0.713. The molecule has 0 saturated carbocycles. The average molecular weight is 574 g/mol. The maximum atomic E-state index is 12.7. The lowest BCUT2D eigenvalue weighted by atomic mass is 9.99. The fourth-order valence-corrected chi connectivity index (χ4v) is 4.92. The summed E-state index contributed by atoms with van der Waals surface area (Å²) in [6.07, 6.45) is 14.2. The summed E-state index contributed by atoms with van der Waals surface area (Å²) in [5.41, 5.74) is 0. The van der Waals surface area contributed by atoms with Crippen molar-refractivity contribution < 1.29 is 39.8 Å². The van der Waals surface area contributed by atoms with Crippen molar-refractivity contribution in [1.29, 1.82) is 0 Å². The molecule has 1 rings (SSSR count). The second-order valence-electron chi connectivity index (χ2n) is 11.2. The van der Waals surface area contributed by atoms with Crippen LogP contribution in [0.3, 0.4) is 0 Å². The molecule has 1 amide bonds. The Kier molecular flexibility index (Phi) is 21.7. The Morgan fingerprint density at radius 2 is 1.40 bits per heavy atom. The van der Waals surface area contributed by atoms with Crippen LogP contribution in [0.15, 0.2) is 12.2 Å². The van der Waals surface area contributed by atoms with Gasteiger partial charge in [0, 0.05) is 6.42 Å². The first-order valence-electron chi connectivity index (χ1n) is 15.9. The van der Waals surface area contributed by atoms with Crippen molar-refractivity contribution in [2.75, 3.05) is 13.2 Å². The molecule has 6 N–H and O–H groups in total. The van der Waals surface area contributed by atoms with Crippen molar-refractivity contribution in [3.05, 3.63) is 12.2 Å². The topological polar surface area (TPSA) is 149 Å². The highest BCUT2D eigenvalue weighted by Crippen LogP contribution is 2.22. The van der Waals surface area contributed by atoms with Crippen LogP contribution < -0.4 is 5.32 Å². The number of unbranched alkanes of at least 4 members (excludes halogenated alkanes) is 12. The highest BCUT2D eigenvalue weighted by atomic mass is 16.7. The van der Waals surface area contributed by atoms with E-state index in [9.17, 15) is 30.3 Å². The predicted octanol–water partition coefficient (Wildman–Crippen LogP) is 3.88. The molecule has 1 saturated heterocycles. The molecule has 0 aromatic carbocycles. The second kappa shape index (κ2) is 23.5. The third-order valence-electron chi connectivity index (χ3n) is 7.62. The van der Waals surface area contributed by atoms with E-state index in [1.165, 1.54) is 38.5 Å². The Balaban J connectivity index is 2.41. The number of hydrogen-bond acceptors (Lipinski definition) is 8. The Bertz CT molecular complexity index is 647. The van der Waals surface area contributed by atoms with Gasteiger partial charge in [-0.05, 0) is 38.5 Å². The molecule has 0 bridgehead atoms. The third kappa shape index (κ3) is 15.8. The van der Waals surface area contributed by atoms with Gasteiger partial charge < -0.3 is 40.3 Å². The Morgan fingerprint density at radius 3 is 2.02 bits per heavy atom. The molecule has 0 spiro atoms. The average Bonchev–Trinajstić information content (AvgIpc) is 2.95. The molecule has 9 nitrogen and oxygen atoms in total. The molecule has 40 heavy (non-hydrogen) atoms. The smallest absolute Gasteiger partial charge is 0.220 e. The number of aliphatic hydroxyl groups is 5. The van der Waals surface area contributed by atoms with Crippen molar-refractivity contribution >= 4 is 5.91 Å². The number of hydrogen-bond donors (Lipinski definition) is 6. The highest BCUT2D eigenvalue weighted by molar-refractivity contribution is 5.76. The van der Waals surface area contributed by atoms with E-state index in [-0.39, 0.29) is 12.5 Å². The number of rotatable bonds is 24. The maximum absolute atomic E-state index is 12.7. The molecule has 0 aromatic rings. The summed E-state index contributed by atoms with van der Waals surface area (Å²) in [5, 5.41) is 53.3. The minimum atomic E-state index is -1.55. The normalized spacial score (nSPS) is 24.8. The molecule has 9 heteroatoms. The number of carbonyl (C=O) groups is 1. The van der Waals surface area contributed by atoms with Crippen molar-refractivity contribution in [2.45, 2.75) is 166 Å². The zero-order valence-corrected chi connectivity index (χ0v) is 25.1. The van der Waals surface area contributed by atoms with Crippen LogP contribution >= 0.6 is 0 Å². The quantitative estimate of drug-likeness (QED) is 0.0753. The standard InChI is InChI=1S/C31H59NO8/c1-3-5-7-9-10-11-12-13-14-15-16-17-19-21-27(35)32-24(25(34)20-18-8-6-4-2)23-39-31-30(38)29(37)28(36)26(22-33)40-31/h11-12,24-26,28-31,33-34,36-38H,3-10,13-23H2,1-2H3,(H,32,35)/b12-11-. The van der Waals surface area contributed by atoms with Crippen LogP contribution in [-0.2, 0) is 14.3 Å². The molecule has 1 aliphatic heterocycles. The Morgan fingerprint density at radius 1 is 0.825 bits per heavy atom. The van der Waals surface area contributed by atoms with Gasteiger partial charge in [0.2, 0.25) is 5.91 Å². The first-order valence-corrected chi connectivity index (χ1v) is 15.9. The molecular weight excluding hydrogens is 514 g/mol. The van der Waals surface area contributed by atoms with Crippen LogP contribution in [0.4, 0.5) is 0 Å². The monoisotopic (exact) mass is 573 g/mol. The van der Waals surface area contributed by atoms with Gasteiger partial charge in [-0.25, -0.2) is 0 Å². The van der Waals surface area contributed by atoms with Gasteiger partial charge in [0.1, 0.15) is 24.4 Å². The number of amides is 1. The summed E-state index contributed by atoms with van der Waals surface area (Å²) in [6.45, 7) is 3.64. The first kappa shape index (κ1) is 37.0. The van der Waals surface area contributed by atoms with Gasteiger partial charge >= 0.3 is 0 Å². The van der Waals surface area contributed by atoms with Crippen molar-refractivity contribution in [3.8, 4) is 0 Å². The summed E-state index contributed by atoms with van der Waals surface area (Å²) >= 11 is 0. The highest BCUT2D eigenvalue weighted by Gasteiger charge is 2.44. The number of allylic oxidation sites excluding steroid dienone is 2. The zero-order valence-electron chi connectivity index (χ0n) is 25.1. The van der Waals surface area contributed by atoms with Gasteiger partial charge in [-0.15, -0.1) is 0 Å². The lowest BCUT2D eigenvalue weighted by molar-refractivity contribution is -0.302. The van der Waals surface area contributed by atoms with Crippen LogP contribution in [0.2, 0.25) is 0 Å².